The number of rotatable bonds is 3. The normalized spacial score (nSPS) is 22.9. The fourth-order valence-electron chi connectivity index (χ4n) is 4.44. The Morgan fingerprint density at radius 2 is 1.89 bits per heavy atom. The number of ether oxygens (including phenoxy) is 1. The van der Waals surface area contributed by atoms with Gasteiger partial charge in [-0.2, -0.15) is 0 Å². The molecular formula is C20H29N5O3. The summed E-state index contributed by atoms with van der Waals surface area (Å²) in [6, 6.07) is 0. The fraction of sp³-hybridized carbons (Fsp3) is 0.700. The molecule has 1 aromatic rings. The molecule has 1 aromatic heterocycles. The van der Waals surface area contributed by atoms with Crippen molar-refractivity contribution >= 4 is 17.6 Å². The molecule has 0 spiro atoms. The number of nitrogens with zero attached hydrogens (tertiary/aromatic N) is 4. The number of nitrogens with one attached hydrogen (secondary N) is 1. The molecule has 8 heteroatoms. The lowest BCUT2D eigenvalue weighted by Crippen LogP contribution is -2.43. The summed E-state index contributed by atoms with van der Waals surface area (Å²) in [6.45, 7) is 5.00. The number of hydrogen-bond donors (Lipinski definition) is 1. The molecule has 3 aliphatic rings. The summed E-state index contributed by atoms with van der Waals surface area (Å²) in [5.74, 6) is 2.16. The van der Waals surface area contributed by atoms with Gasteiger partial charge < -0.3 is 19.9 Å². The van der Waals surface area contributed by atoms with E-state index in [1.807, 2.05) is 16.8 Å². The molecule has 0 radical (unpaired) electrons. The second kappa shape index (κ2) is 8.03. The summed E-state index contributed by atoms with van der Waals surface area (Å²) in [7, 11) is 1.88. The van der Waals surface area contributed by atoms with Gasteiger partial charge in [0.2, 0.25) is 5.91 Å². The van der Waals surface area contributed by atoms with Gasteiger partial charge in [-0.05, 0) is 32.1 Å². The van der Waals surface area contributed by atoms with Crippen LogP contribution in [-0.2, 0) is 27.3 Å². The second-order valence-corrected chi connectivity index (χ2v) is 7.90. The number of aromatic nitrogens is 2. The molecule has 1 atom stereocenters. The van der Waals surface area contributed by atoms with E-state index < -0.39 is 0 Å². The highest BCUT2D eigenvalue weighted by molar-refractivity contribution is 5.81. The van der Waals surface area contributed by atoms with Gasteiger partial charge in [-0.3, -0.25) is 9.59 Å². The minimum atomic E-state index is -0.245. The van der Waals surface area contributed by atoms with Crippen LogP contribution >= 0.6 is 0 Å². The molecule has 0 aliphatic carbocycles. The van der Waals surface area contributed by atoms with Gasteiger partial charge in [0.25, 0.3) is 5.91 Å². The standard InChI is InChI=1S/C20H29N5O3/c1-13(26)25-10-7-15-16(12-25)22-18(23-19(15)21-2)14-5-8-24(9-6-14)20(27)17-4-3-11-28-17/h14,17H,3-12H2,1-2H3,(H,21,22,23). The highest BCUT2D eigenvalue weighted by Gasteiger charge is 2.33. The van der Waals surface area contributed by atoms with Gasteiger partial charge in [0.05, 0.1) is 12.2 Å². The van der Waals surface area contributed by atoms with Crippen molar-refractivity contribution in [2.75, 3.05) is 38.6 Å². The Morgan fingerprint density at radius 1 is 1.11 bits per heavy atom. The molecule has 1 N–H and O–H groups in total. The van der Waals surface area contributed by atoms with Crippen molar-refractivity contribution in [3.8, 4) is 0 Å². The van der Waals surface area contributed by atoms with Crippen LogP contribution in [0.15, 0.2) is 0 Å². The molecule has 0 aromatic carbocycles. The Morgan fingerprint density at radius 3 is 2.54 bits per heavy atom. The van der Waals surface area contributed by atoms with Crippen LogP contribution in [0.2, 0.25) is 0 Å². The van der Waals surface area contributed by atoms with Crippen molar-refractivity contribution in [1.82, 2.24) is 19.8 Å². The lowest BCUT2D eigenvalue weighted by Gasteiger charge is -2.34. The number of likely N-dealkylation sites (tertiary alicyclic amines) is 1. The highest BCUT2D eigenvalue weighted by atomic mass is 16.5. The molecule has 1 unspecified atom stereocenters. The van der Waals surface area contributed by atoms with E-state index in [1.165, 1.54) is 0 Å². The second-order valence-electron chi connectivity index (χ2n) is 7.90. The number of carbonyl (C=O) groups is 2. The zero-order valence-electron chi connectivity index (χ0n) is 16.7. The van der Waals surface area contributed by atoms with Gasteiger partial charge in [0.1, 0.15) is 17.7 Å². The third-order valence-electron chi connectivity index (χ3n) is 6.14. The summed E-state index contributed by atoms with van der Waals surface area (Å²) in [5.41, 5.74) is 2.07. The third kappa shape index (κ3) is 3.70. The van der Waals surface area contributed by atoms with Crippen LogP contribution in [0.3, 0.4) is 0 Å². The monoisotopic (exact) mass is 387 g/mol. The van der Waals surface area contributed by atoms with Gasteiger partial charge in [-0.25, -0.2) is 9.97 Å². The van der Waals surface area contributed by atoms with Crippen LogP contribution in [0.1, 0.15) is 55.6 Å². The number of fused-ring (bicyclic) bond motifs is 1. The first-order chi connectivity index (χ1) is 13.6. The largest absolute Gasteiger partial charge is 0.373 e. The molecule has 0 bridgehead atoms. The SMILES string of the molecule is CNc1nc(C2CCN(C(=O)C3CCCO3)CC2)nc2c1CCN(C(C)=O)C2. The van der Waals surface area contributed by atoms with Crippen LogP contribution in [0.25, 0.3) is 0 Å². The average molecular weight is 387 g/mol. The summed E-state index contributed by atoms with van der Waals surface area (Å²) in [5, 5.41) is 3.21. The van der Waals surface area contributed by atoms with E-state index in [4.69, 9.17) is 14.7 Å². The summed E-state index contributed by atoms with van der Waals surface area (Å²) >= 11 is 0. The topological polar surface area (TPSA) is 87.7 Å². The Bertz CT molecular complexity index is 754. The van der Waals surface area contributed by atoms with E-state index in [9.17, 15) is 9.59 Å². The highest BCUT2D eigenvalue weighted by Crippen LogP contribution is 2.31. The molecular weight excluding hydrogens is 358 g/mol. The maximum Gasteiger partial charge on any atom is 0.251 e. The molecule has 28 heavy (non-hydrogen) atoms. The van der Waals surface area contributed by atoms with Gasteiger partial charge in [0, 0.05) is 51.7 Å². The number of amides is 2. The Hall–Kier alpha value is -2.22. The van der Waals surface area contributed by atoms with Crippen molar-refractivity contribution in [2.45, 2.75) is 57.6 Å². The summed E-state index contributed by atoms with van der Waals surface area (Å²) in [6.07, 6.45) is 4.06. The van der Waals surface area contributed by atoms with Gasteiger partial charge in [-0.15, -0.1) is 0 Å². The summed E-state index contributed by atoms with van der Waals surface area (Å²) < 4.78 is 5.54. The van der Waals surface area contributed by atoms with Crippen molar-refractivity contribution in [1.29, 1.82) is 0 Å². The van der Waals surface area contributed by atoms with E-state index in [0.29, 0.717) is 19.7 Å². The van der Waals surface area contributed by atoms with Crippen LogP contribution in [0.5, 0.6) is 0 Å². The minimum Gasteiger partial charge on any atom is -0.373 e. The number of anilines is 1. The van der Waals surface area contributed by atoms with E-state index in [0.717, 1.165) is 68.1 Å². The van der Waals surface area contributed by atoms with E-state index in [1.54, 1.807) is 6.92 Å². The molecule has 2 fully saturated rings. The zero-order chi connectivity index (χ0) is 19.7. The molecule has 4 rings (SSSR count). The van der Waals surface area contributed by atoms with Crippen LogP contribution < -0.4 is 5.32 Å². The Labute approximate surface area is 165 Å². The van der Waals surface area contributed by atoms with Gasteiger partial charge in [0.15, 0.2) is 0 Å². The first-order valence-corrected chi connectivity index (χ1v) is 10.3. The van der Waals surface area contributed by atoms with E-state index >= 15 is 0 Å². The molecule has 3 aliphatic heterocycles. The van der Waals surface area contributed by atoms with Crippen LogP contribution in [-0.4, -0.2) is 71.0 Å². The van der Waals surface area contributed by atoms with Crippen LogP contribution in [0.4, 0.5) is 5.82 Å². The van der Waals surface area contributed by atoms with E-state index in [-0.39, 0.29) is 23.8 Å². The maximum absolute atomic E-state index is 12.6. The first-order valence-electron chi connectivity index (χ1n) is 10.3. The first kappa shape index (κ1) is 19.1. The number of piperidine rings is 1. The molecule has 0 saturated carbocycles. The average Bonchev–Trinajstić information content (AvgIpc) is 3.27. The zero-order valence-corrected chi connectivity index (χ0v) is 16.7. The van der Waals surface area contributed by atoms with Crippen molar-refractivity contribution in [3.63, 3.8) is 0 Å². The van der Waals surface area contributed by atoms with Crippen molar-refractivity contribution < 1.29 is 14.3 Å². The summed E-state index contributed by atoms with van der Waals surface area (Å²) in [4.78, 5) is 37.7. The Kier molecular flexibility index (Phi) is 5.48. The van der Waals surface area contributed by atoms with Crippen molar-refractivity contribution in [3.05, 3.63) is 17.1 Å². The van der Waals surface area contributed by atoms with Gasteiger partial charge >= 0.3 is 0 Å². The van der Waals surface area contributed by atoms with E-state index in [2.05, 4.69) is 5.32 Å². The number of hydrogen-bond acceptors (Lipinski definition) is 6. The molecule has 8 nitrogen and oxygen atoms in total. The molecule has 4 heterocycles. The smallest absolute Gasteiger partial charge is 0.251 e. The quantitative estimate of drug-likeness (QED) is 0.841. The molecule has 2 saturated heterocycles. The predicted octanol–water partition coefficient (Wildman–Crippen LogP) is 1.31. The Balaban J connectivity index is 1.47. The van der Waals surface area contributed by atoms with Crippen LogP contribution in [0, 0.1) is 0 Å². The fourth-order valence-corrected chi connectivity index (χ4v) is 4.44. The molecule has 2 amide bonds. The number of carbonyl (C=O) groups excluding carboxylic acids is 2. The molecule has 152 valence electrons. The third-order valence-corrected chi connectivity index (χ3v) is 6.14. The maximum atomic E-state index is 12.6. The lowest BCUT2D eigenvalue weighted by atomic mass is 9.94. The predicted molar refractivity (Wildman–Crippen MR) is 104 cm³/mol. The lowest BCUT2D eigenvalue weighted by molar-refractivity contribution is -0.142. The van der Waals surface area contributed by atoms with Gasteiger partial charge in [-0.1, -0.05) is 0 Å². The minimum absolute atomic E-state index is 0.0813. The van der Waals surface area contributed by atoms with Crippen molar-refractivity contribution in [2.24, 2.45) is 0 Å².